The molecule has 1 aromatic heterocycles. The summed E-state index contributed by atoms with van der Waals surface area (Å²) in [4.78, 5) is 7.94. The zero-order chi connectivity index (χ0) is 11.9. The molecule has 1 N–H and O–H groups in total. The van der Waals surface area contributed by atoms with Gasteiger partial charge in [0.05, 0.1) is 18.1 Å². The summed E-state index contributed by atoms with van der Waals surface area (Å²) in [5, 5.41) is 0. The number of imidazole rings is 1. The van der Waals surface area contributed by atoms with Crippen LogP contribution in [0.4, 0.5) is 0 Å². The smallest absolute Gasteiger partial charge is 0.139 e. The Morgan fingerprint density at radius 3 is 3.06 bits per heavy atom. The molecule has 1 unspecified atom stereocenters. The second-order valence-electron chi connectivity index (χ2n) is 4.65. The zero-order valence-electron chi connectivity index (χ0n) is 10.1. The van der Waals surface area contributed by atoms with E-state index in [1.165, 1.54) is 0 Å². The van der Waals surface area contributed by atoms with Gasteiger partial charge >= 0.3 is 0 Å². The minimum absolute atomic E-state index is 0.258. The molecule has 17 heavy (non-hydrogen) atoms. The number of methoxy groups -OCH3 is 1. The fourth-order valence-corrected chi connectivity index (χ4v) is 2.33. The Hall–Kier alpha value is -1.55. The number of H-pyrrole nitrogens is 1. The summed E-state index contributed by atoms with van der Waals surface area (Å²) < 4.78 is 11.0. The lowest BCUT2D eigenvalue weighted by Gasteiger charge is -2.19. The fraction of sp³-hybridized carbons (Fsp3) is 0.462. The third kappa shape index (κ3) is 1.69. The van der Waals surface area contributed by atoms with Crippen LogP contribution in [0.2, 0.25) is 0 Å². The average molecular weight is 232 g/mol. The van der Waals surface area contributed by atoms with Crippen molar-refractivity contribution in [3.8, 4) is 5.75 Å². The first-order valence-electron chi connectivity index (χ1n) is 5.89. The Labute approximate surface area is 100.0 Å². The van der Waals surface area contributed by atoms with Crippen molar-refractivity contribution in [2.75, 3.05) is 13.7 Å². The largest absolute Gasteiger partial charge is 0.497 e. The second kappa shape index (κ2) is 3.74. The predicted molar refractivity (Wildman–Crippen MR) is 65.2 cm³/mol. The molecule has 2 heterocycles. The number of ether oxygens (including phenoxy) is 2. The Kier molecular flexibility index (Phi) is 2.33. The van der Waals surface area contributed by atoms with Gasteiger partial charge in [0.2, 0.25) is 0 Å². The maximum atomic E-state index is 5.79. The molecule has 3 rings (SSSR count). The molecule has 4 heteroatoms. The van der Waals surface area contributed by atoms with Crippen LogP contribution in [0.15, 0.2) is 18.2 Å². The quantitative estimate of drug-likeness (QED) is 0.865. The second-order valence-corrected chi connectivity index (χ2v) is 4.65. The van der Waals surface area contributed by atoms with Crippen LogP contribution in [-0.2, 0) is 10.3 Å². The van der Waals surface area contributed by atoms with Gasteiger partial charge in [0.1, 0.15) is 17.2 Å². The number of hydrogen-bond donors (Lipinski definition) is 1. The number of rotatable bonds is 2. The highest BCUT2D eigenvalue weighted by Gasteiger charge is 2.34. The first kappa shape index (κ1) is 10.6. The van der Waals surface area contributed by atoms with E-state index in [1.54, 1.807) is 7.11 Å². The third-order valence-electron chi connectivity index (χ3n) is 3.41. The standard InChI is InChI=1S/C13H16N2O2/c1-13(6-3-7-17-13)12-14-10-5-4-9(16-2)8-11(10)15-12/h4-5,8H,3,6-7H2,1-2H3,(H,14,15). The number of fused-ring (bicyclic) bond motifs is 1. The number of aromatic nitrogens is 2. The number of nitrogens with zero attached hydrogens (tertiary/aromatic N) is 1. The van der Waals surface area contributed by atoms with Crippen molar-refractivity contribution in [3.63, 3.8) is 0 Å². The molecule has 1 aliphatic heterocycles. The highest BCUT2D eigenvalue weighted by atomic mass is 16.5. The van der Waals surface area contributed by atoms with Crippen molar-refractivity contribution in [2.45, 2.75) is 25.4 Å². The first-order valence-corrected chi connectivity index (χ1v) is 5.89. The van der Waals surface area contributed by atoms with E-state index >= 15 is 0 Å². The van der Waals surface area contributed by atoms with E-state index in [-0.39, 0.29) is 5.60 Å². The fourth-order valence-electron chi connectivity index (χ4n) is 2.33. The Morgan fingerprint density at radius 1 is 1.47 bits per heavy atom. The van der Waals surface area contributed by atoms with Gasteiger partial charge in [-0.25, -0.2) is 4.98 Å². The van der Waals surface area contributed by atoms with E-state index in [1.807, 2.05) is 18.2 Å². The van der Waals surface area contributed by atoms with E-state index in [2.05, 4.69) is 16.9 Å². The summed E-state index contributed by atoms with van der Waals surface area (Å²) >= 11 is 0. The highest BCUT2D eigenvalue weighted by Crippen LogP contribution is 2.35. The van der Waals surface area contributed by atoms with Gasteiger partial charge in [-0.05, 0) is 31.9 Å². The van der Waals surface area contributed by atoms with Crippen molar-refractivity contribution in [3.05, 3.63) is 24.0 Å². The summed E-state index contributed by atoms with van der Waals surface area (Å²) in [5.74, 6) is 1.75. The molecule has 1 atom stereocenters. The minimum Gasteiger partial charge on any atom is -0.497 e. The van der Waals surface area contributed by atoms with E-state index in [0.29, 0.717) is 0 Å². The minimum atomic E-state index is -0.258. The molecule has 0 spiro atoms. The molecule has 0 amide bonds. The van der Waals surface area contributed by atoms with E-state index < -0.39 is 0 Å². The van der Waals surface area contributed by atoms with Crippen molar-refractivity contribution in [1.29, 1.82) is 0 Å². The Bertz CT molecular complexity index is 541. The van der Waals surface area contributed by atoms with Gasteiger partial charge in [-0.15, -0.1) is 0 Å². The lowest BCUT2D eigenvalue weighted by molar-refractivity contribution is 0.0103. The van der Waals surface area contributed by atoms with Gasteiger partial charge in [-0.3, -0.25) is 0 Å². The topological polar surface area (TPSA) is 47.1 Å². The van der Waals surface area contributed by atoms with Crippen molar-refractivity contribution >= 4 is 11.0 Å². The molecule has 1 aliphatic rings. The maximum Gasteiger partial charge on any atom is 0.139 e. The van der Waals surface area contributed by atoms with Gasteiger partial charge in [0, 0.05) is 12.7 Å². The van der Waals surface area contributed by atoms with Crippen molar-refractivity contribution in [1.82, 2.24) is 9.97 Å². The molecule has 2 aromatic rings. The van der Waals surface area contributed by atoms with E-state index in [4.69, 9.17) is 9.47 Å². The van der Waals surface area contributed by atoms with E-state index in [0.717, 1.165) is 42.1 Å². The third-order valence-corrected chi connectivity index (χ3v) is 3.41. The van der Waals surface area contributed by atoms with Crippen molar-refractivity contribution < 1.29 is 9.47 Å². The van der Waals surface area contributed by atoms with Gasteiger partial charge in [-0.2, -0.15) is 0 Å². The normalized spacial score (nSPS) is 24.4. The molecule has 0 saturated carbocycles. The number of hydrogen-bond acceptors (Lipinski definition) is 3. The average Bonchev–Trinajstić information content (AvgIpc) is 2.94. The van der Waals surface area contributed by atoms with Gasteiger partial charge in [-0.1, -0.05) is 0 Å². The molecule has 0 bridgehead atoms. The molecule has 4 nitrogen and oxygen atoms in total. The van der Waals surface area contributed by atoms with Crippen molar-refractivity contribution in [2.24, 2.45) is 0 Å². The summed E-state index contributed by atoms with van der Waals surface area (Å²) in [6, 6.07) is 5.85. The SMILES string of the molecule is COc1ccc2nc(C3(C)CCCO3)[nH]c2c1. The molecular formula is C13H16N2O2. The van der Waals surface area contributed by atoms with Gasteiger partial charge < -0.3 is 14.5 Å². The predicted octanol–water partition coefficient (Wildman–Crippen LogP) is 2.60. The maximum absolute atomic E-state index is 5.79. The zero-order valence-corrected chi connectivity index (χ0v) is 10.1. The summed E-state index contributed by atoms with van der Waals surface area (Å²) in [5.41, 5.74) is 1.69. The highest BCUT2D eigenvalue weighted by molar-refractivity contribution is 5.77. The molecule has 1 aromatic carbocycles. The molecular weight excluding hydrogens is 216 g/mol. The van der Waals surface area contributed by atoms with Gasteiger partial charge in [0.25, 0.3) is 0 Å². The molecule has 0 radical (unpaired) electrons. The Morgan fingerprint density at radius 2 is 2.35 bits per heavy atom. The monoisotopic (exact) mass is 232 g/mol. The van der Waals surface area contributed by atoms with E-state index in [9.17, 15) is 0 Å². The lowest BCUT2D eigenvalue weighted by Crippen LogP contribution is -2.21. The molecule has 0 aliphatic carbocycles. The molecule has 1 fully saturated rings. The Balaban J connectivity index is 2.07. The van der Waals surface area contributed by atoms with Crippen LogP contribution < -0.4 is 4.74 Å². The summed E-state index contributed by atoms with van der Waals surface area (Å²) in [7, 11) is 1.67. The van der Waals surface area contributed by atoms with Crippen LogP contribution >= 0.6 is 0 Å². The number of aromatic amines is 1. The van der Waals surface area contributed by atoms with Crippen LogP contribution in [0.1, 0.15) is 25.6 Å². The summed E-state index contributed by atoms with van der Waals surface area (Å²) in [6.07, 6.45) is 2.11. The van der Waals surface area contributed by atoms with Crippen LogP contribution in [0.25, 0.3) is 11.0 Å². The first-order chi connectivity index (χ1) is 8.21. The number of benzene rings is 1. The molecule has 90 valence electrons. The van der Waals surface area contributed by atoms with Crippen LogP contribution in [0, 0.1) is 0 Å². The summed E-state index contributed by atoms with van der Waals surface area (Å²) in [6.45, 7) is 2.91. The van der Waals surface area contributed by atoms with Crippen LogP contribution in [-0.4, -0.2) is 23.7 Å². The lowest BCUT2D eigenvalue weighted by atomic mass is 10.0. The van der Waals surface area contributed by atoms with Gasteiger partial charge in [0.15, 0.2) is 0 Å². The van der Waals surface area contributed by atoms with Crippen LogP contribution in [0.3, 0.4) is 0 Å². The molecule has 1 saturated heterocycles. The number of nitrogens with one attached hydrogen (secondary N) is 1. The van der Waals surface area contributed by atoms with Crippen LogP contribution in [0.5, 0.6) is 5.75 Å².